The summed E-state index contributed by atoms with van der Waals surface area (Å²) in [6.45, 7) is 9.59. The van der Waals surface area contributed by atoms with Crippen LogP contribution >= 0.6 is 0 Å². The summed E-state index contributed by atoms with van der Waals surface area (Å²) < 4.78 is 0. The molecular formula is C18H28N2. The molecule has 2 heteroatoms. The molecule has 0 N–H and O–H groups in total. The number of aryl methyl sites for hydroxylation is 1. The van der Waals surface area contributed by atoms with Crippen LogP contribution in [0.25, 0.3) is 0 Å². The van der Waals surface area contributed by atoms with Crippen molar-refractivity contribution in [2.24, 2.45) is 0 Å². The number of rotatable bonds is 4. The molecule has 1 aromatic rings. The Balaban J connectivity index is 1.67. The second kappa shape index (κ2) is 6.28. The molecule has 1 aromatic carbocycles. The van der Waals surface area contributed by atoms with E-state index in [1.807, 2.05) is 0 Å². The van der Waals surface area contributed by atoms with Crippen LogP contribution < -0.4 is 0 Å². The molecule has 2 unspecified atom stereocenters. The lowest BCUT2D eigenvalue weighted by Gasteiger charge is -2.43. The summed E-state index contributed by atoms with van der Waals surface area (Å²) in [7, 11) is 0. The van der Waals surface area contributed by atoms with Gasteiger partial charge >= 0.3 is 0 Å². The summed E-state index contributed by atoms with van der Waals surface area (Å²) in [5, 5.41) is 0. The molecule has 0 saturated carbocycles. The Bertz CT molecular complexity index is 426. The van der Waals surface area contributed by atoms with E-state index in [-0.39, 0.29) is 0 Å². The van der Waals surface area contributed by atoms with Gasteiger partial charge in [-0.25, -0.2) is 0 Å². The van der Waals surface area contributed by atoms with E-state index in [1.165, 1.54) is 50.0 Å². The Kier molecular flexibility index (Phi) is 4.42. The van der Waals surface area contributed by atoms with E-state index in [2.05, 4.69) is 47.9 Å². The molecule has 0 aliphatic carbocycles. The second-order valence-corrected chi connectivity index (χ2v) is 6.45. The molecule has 0 aromatic heterocycles. The Labute approximate surface area is 123 Å². The summed E-state index contributed by atoms with van der Waals surface area (Å²) in [6, 6.07) is 10.8. The van der Waals surface area contributed by atoms with Crippen LogP contribution in [-0.2, 0) is 13.0 Å². The highest BCUT2D eigenvalue weighted by atomic mass is 15.3. The van der Waals surface area contributed by atoms with Gasteiger partial charge in [-0.1, -0.05) is 38.1 Å². The van der Waals surface area contributed by atoms with Gasteiger partial charge in [-0.05, 0) is 43.4 Å². The molecule has 2 aliphatic heterocycles. The van der Waals surface area contributed by atoms with Crippen molar-refractivity contribution >= 4 is 0 Å². The van der Waals surface area contributed by atoms with E-state index in [0.29, 0.717) is 0 Å². The minimum Gasteiger partial charge on any atom is -0.298 e. The lowest BCUT2D eigenvalue weighted by Crippen LogP contribution is -2.55. The highest BCUT2D eigenvalue weighted by Crippen LogP contribution is 2.27. The fourth-order valence-corrected chi connectivity index (χ4v) is 3.84. The third kappa shape index (κ3) is 2.91. The van der Waals surface area contributed by atoms with Gasteiger partial charge in [0.2, 0.25) is 0 Å². The van der Waals surface area contributed by atoms with E-state index >= 15 is 0 Å². The number of fused-ring (bicyclic) bond motifs is 1. The molecule has 20 heavy (non-hydrogen) atoms. The van der Waals surface area contributed by atoms with Gasteiger partial charge < -0.3 is 0 Å². The summed E-state index contributed by atoms with van der Waals surface area (Å²) in [5.74, 6) is 0. The van der Waals surface area contributed by atoms with E-state index in [4.69, 9.17) is 0 Å². The van der Waals surface area contributed by atoms with Gasteiger partial charge in [0.15, 0.2) is 0 Å². The predicted octanol–water partition coefficient (Wildman–Crippen LogP) is 3.31. The average molecular weight is 272 g/mol. The van der Waals surface area contributed by atoms with Gasteiger partial charge in [0.1, 0.15) is 0 Å². The van der Waals surface area contributed by atoms with E-state index in [0.717, 1.165) is 25.0 Å². The Morgan fingerprint density at radius 1 is 1.05 bits per heavy atom. The third-order valence-corrected chi connectivity index (χ3v) is 5.19. The zero-order valence-electron chi connectivity index (χ0n) is 13.0. The van der Waals surface area contributed by atoms with Crippen molar-refractivity contribution in [2.75, 3.05) is 19.6 Å². The summed E-state index contributed by atoms with van der Waals surface area (Å²) in [6.07, 6.45) is 5.22. The lowest BCUT2D eigenvalue weighted by atomic mass is 10.0. The minimum absolute atomic E-state index is 0.746. The standard InChI is InChI=1S/C18H28N2/c1-3-15-7-9-16(10-8-15)12-20-14-18-6-5-11-19(18)13-17(20)4-2/h7-10,17-18H,3-6,11-14H2,1-2H3. The predicted molar refractivity (Wildman–Crippen MR) is 84.9 cm³/mol. The summed E-state index contributed by atoms with van der Waals surface area (Å²) in [5.41, 5.74) is 2.92. The summed E-state index contributed by atoms with van der Waals surface area (Å²) in [4.78, 5) is 5.46. The van der Waals surface area contributed by atoms with Crippen LogP contribution in [0.5, 0.6) is 0 Å². The third-order valence-electron chi connectivity index (χ3n) is 5.19. The van der Waals surface area contributed by atoms with Crippen molar-refractivity contribution in [1.82, 2.24) is 9.80 Å². The first-order valence-electron chi connectivity index (χ1n) is 8.36. The molecule has 2 heterocycles. The Hall–Kier alpha value is -0.860. The van der Waals surface area contributed by atoms with Crippen molar-refractivity contribution < 1.29 is 0 Å². The second-order valence-electron chi connectivity index (χ2n) is 6.45. The molecular weight excluding hydrogens is 244 g/mol. The van der Waals surface area contributed by atoms with Crippen LogP contribution in [0.3, 0.4) is 0 Å². The first kappa shape index (κ1) is 14.1. The van der Waals surface area contributed by atoms with Crippen LogP contribution in [0.1, 0.15) is 44.2 Å². The van der Waals surface area contributed by atoms with E-state index in [9.17, 15) is 0 Å². The Morgan fingerprint density at radius 2 is 1.80 bits per heavy atom. The molecule has 0 amide bonds. The fourth-order valence-electron chi connectivity index (χ4n) is 3.84. The smallest absolute Gasteiger partial charge is 0.0237 e. The first-order chi connectivity index (χ1) is 9.80. The van der Waals surface area contributed by atoms with Crippen LogP contribution in [0.2, 0.25) is 0 Å². The molecule has 2 saturated heterocycles. The molecule has 3 rings (SSSR count). The fraction of sp³-hybridized carbons (Fsp3) is 0.667. The molecule has 2 fully saturated rings. The maximum absolute atomic E-state index is 2.73. The Morgan fingerprint density at radius 3 is 2.50 bits per heavy atom. The topological polar surface area (TPSA) is 6.48 Å². The SMILES string of the molecule is CCc1ccc(CN2CC3CCCN3CC2CC)cc1. The van der Waals surface area contributed by atoms with Gasteiger partial charge in [0.25, 0.3) is 0 Å². The van der Waals surface area contributed by atoms with E-state index < -0.39 is 0 Å². The van der Waals surface area contributed by atoms with Gasteiger partial charge in [-0.15, -0.1) is 0 Å². The molecule has 0 spiro atoms. The zero-order valence-corrected chi connectivity index (χ0v) is 13.0. The lowest BCUT2D eigenvalue weighted by molar-refractivity contribution is 0.0437. The molecule has 2 atom stereocenters. The monoisotopic (exact) mass is 272 g/mol. The number of piperazine rings is 1. The molecule has 2 aliphatic rings. The minimum atomic E-state index is 0.746. The number of nitrogens with zero attached hydrogens (tertiary/aromatic N) is 2. The normalized spacial score (nSPS) is 27.7. The van der Waals surface area contributed by atoms with E-state index in [1.54, 1.807) is 0 Å². The number of hydrogen-bond acceptors (Lipinski definition) is 2. The zero-order chi connectivity index (χ0) is 13.9. The van der Waals surface area contributed by atoms with Gasteiger partial charge in [0, 0.05) is 31.7 Å². The van der Waals surface area contributed by atoms with Crippen molar-refractivity contribution in [3.63, 3.8) is 0 Å². The van der Waals surface area contributed by atoms with Gasteiger partial charge in [-0.3, -0.25) is 9.80 Å². The van der Waals surface area contributed by atoms with Gasteiger partial charge in [0.05, 0.1) is 0 Å². The highest BCUT2D eigenvalue weighted by Gasteiger charge is 2.35. The quantitative estimate of drug-likeness (QED) is 0.830. The van der Waals surface area contributed by atoms with Gasteiger partial charge in [-0.2, -0.15) is 0 Å². The highest BCUT2D eigenvalue weighted by molar-refractivity contribution is 5.22. The maximum Gasteiger partial charge on any atom is 0.0237 e. The maximum atomic E-state index is 2.73. The molecule has 0 radical (unpaired) electrons. The molecule has 110 valence electrons. The average Bonchev–Trinajstić information content (AvgIpc) is 2.94. The first-order valence-corrected chi connectivity index (χ1v) is 8.36. The van der Waals surface area contributed by atoms with Crippen molar-refractivity contribution in [1.29, 1.82) is 0 Å². The van der Waals surface area contributed by atoms with Crippen molar-refractivity contribution in [3.05, 3.63) is 35.4 Å². The number of benzene rings is 1. The van der Waals surface area contributed by atoms with Crippen LogP contribution in [0.4, 0.5) is 0 Å². The van der Waals surface area contributed by atoms with Crippen molar-refractivity contribution in [3.8, 4) is 0 Å². The molecule has 2 nitrogen and oxygen atoms in total. The van der Waals surface area contributed by atoms with Crippen LogP contribution in [0, 0.1) is 0 Å². The largest absolute Gasteiger partial charge is 0.298 e. The summed E-state index contributed by atoms with van der Waals surface area (Å²) >= 11 is 0. The van der Waals surface area contributed by atoms with Crippen LogP contribution in [0.15, 0.2) is 24.3 Å². The van der Waals surface area contributed by atoms with Crippen LogP contribution in [-0.4, -0.2) is 41.5 Å². The van der Waals surface area contributed by atoms with Crippen molar-refractivity contribution in [2.45, 2.75) is 58.2 Å². The number of hydrogen-bond donors (Lipinski definition) is 0. The molecule has 0 bridgehead atoms.